The first-order valence-corrected chi connectivity index (χ1v) is 6.99. The monoisotopic (exact) mass is 281 g/mol. The van der Waals surface area contributed by atoms with Crippen LogP contribution in [0.15, 0.2) is 53.4 Å². The normalized spacial score (nSPS) is 11.4. The predicted octanol–water partition coefficient (Wildman–Crippen LogP) is 2.01. The summed E-state index contributed by atoms with van der Waals surface area (Å²) in [6, 6.07) is 11.0. The van der Waals surface area contributed by atoms with Gasteiger partial charge in [-0.15, -0.1) is 0 Å². The van der Waals surface area contributed by atoms with Crippen LogP contribution in [0.5, 0.6) is 5.75 Å². The molecule has 4 nitrogen and oxygen atoms in total. The van der Waals surface area contributed by atoms with Crippen LogP contribution in [0.1, 0.15) is 5.56 Å². The molecule has 0 atom stereocenters. The summed E-state index contributed by atoms with van der Waals surface area (Å²) in [5.74, 6) is -0.482. The molecule has 0 unspecified atom stereocenters. The van der Waals surface area contributed by atoms with Crippen LogP contribution in [-0.2, 0) is 16.6 Å². The van der Waals surface area contributed by atoms with Crippen LogP contribution in [0.3, 0.4) is 0 Å². The summed E-state index contributed by atoms with van der Waals surface area (Å²) >= 11 is 0. The molecule has 0 spiro atoms. The number of hydrogen-bond acceptors (Lipinski definition) is 3. The zero-order valence-electron chi connectivity index (χ0n) is 9.88. The van der Waals surface area contributed by atoms with Crippen molar-refractivity contribution in [2.45, 2.75) is 11.4 Å². The van der Waals surface area contributed by atoms with Gasteiger partial charge in [-0.2, -0.15) is 0 Å². The Labute approximate surface area is 110 Å². The molecule has 0 bridgehead atoms. The van der Waals surface area contributed by atoms with E-state index in [1.54, 1.807) is 18.2 Å². The molecule has 0 radical (unpaired) electrons. The molecule has 100 valence electrons. The van der Waals surface area contributed by atoms with Crippen LogP contribution in [-0.4, -0.2) is 13.5 Å². The minimum atomic E-state index is -3.72. The molecule has 0 saturated carbocycles. The highest BCUT2D eigenvalue weighted by molar-refractivity contribution is 7.89. The molecule has 0 saturated heterocycles. The molecular weight excluding hydrogens is 269 g/mol. The lowest BCUT2D eigenvalue weighted by Gasteiger charge is -2.08. The van der Waals surface area contributed by atoms with E-state index in [0.29, 0.717) is 5.56 Å². The van der Waals surface area contributed by atoms with E-state index in [4.69, 9.17) is 0 Å². The molecule has 0 aliphatic carbocycles. The van der Waals surface area contributed by atoms with Gasteiger partial charge >= 0.3 is 0 Å². The van der Waals surface area contributed by atoms with E-state index in [2.05, 4.69) is 4.72 Å². The summed E-state index contributed by atoms with van der Waals surface area (Å²) < 4.78 is 38.9. The van der Waals surface area contributed by atoms with Crippen molar-refractivity contribution in [3.63, 3.8) is 0 Å². The molecule has 0 aromatic heterocycles. The SMILES string of the molecule is O=S(=O)(NCc1ccccc1O)c1ccc(F)cc1. The molecule has 2 aromatic carbocycles. The minimum absolute atomic E-state index is 0.0179. The predicted molar refractivity (Wildman–Crippen MR) is 68.5 cm³/mol. The van der Waals surface area contributed by atoms with Gasteiger partial charge in [0.15, 0.2) is 0 Å². The molecule has 2 rings (SSSR count). The number of sulfonamides is 1. The standard InChI is InChI=1S/C13H12FNO3S/c14-11-5-7-12(8-6-11)19(17,18)15-9-10-3-1-2-4-13(10)16/h1-8,15-16H,9H2. The van der Waals surface area contributed by atoms with E-state index in [1.165, 1.54) is 18.2 Å². The van der Waals surface area contributed by atoms with Crippen LogP contribution in [0.4, 0.5) is 4.39 Å². The Morgan fingerprint density at radius 1 is 1.05 bits per heavy atom. The van der Waals surface area contributed by atoms with Crippen molar-refractivity contribution in [3.8, 4) is 5.75 Å². The number of hydrogen-bond donors (Lipinski definition) is 2. The summed E-state index contributed by atoms with van der Waals surface area (Å²) in [6.45, 7) is -0.0353. The van der Waals surface area contributed by atoms with Crippen LogP contribution in [0.25, 0.3) is 0 Å². The van der Waals surface area contributed by atoms with Crippen molar-refractivity contribution in [3.05, 3.63) is 59.9 Å². The van der Waals surface area contributed by atoms with E-state index in [-0.39, 0.29) is 17.2 Å². The first-order chi connectivity index (χ1) is 8.99. The van der Waals surface area contributed by atoms with Gasteiger partial charge < -0.3 is 5.11 Å². The average molecular weight is 281 g/mol. The third kappa shape index (κ3) is 3.30. The van der Waals surface area contributed by atoms with Crippen LogP contribution in [0, 0.1) is 5.82 Å². The fraction of sp³-hybridized carbons (Fsp3) is 0.0769. The van der Waals surface area contributed by atoms with Gasteiger partial charge in [-0.25, -0.2) is 17.5 Å². The Bertz CT molecular complexity index is 669. The number of rotatable bonds is 4. The van der Waals surface area contributed by atoms with Gasteiger partial charge in [0.1, 0.15) is 11.6 Å². The highest BCUT2D eigenvalue weighted by Gasteiger charge is 2.14. The van der Waals surface area contributed by atoms with E-state index < -0.39 is 15.8 Å². The van der Waals surface area contributed by atoms with Gasteiger partial charge in [0.25, 0.3) is 0 Å². The van der Waals surface area contributed by atoms with Gasteiger partial charge in [0.2, 0.25) is 10.0 Å². The summed E-state index contributed by atoms with van der Waals surface area (Å²) in [5.41, 5.74) is 0.466. The van der Waals surface area contributed by atoms with Gasteiger partial charge in [-0.1, -0.05) is 18.2 Å². The van der Waals surface area contributed by atoms with E-state index >= 15 is 0 Å². The van der Waals surface area contributed by atoms with Gasteiger partial charge in [0.05, 0.1) is 4.90 Å². The average Bonchev–Trinajstić information content (AvgIpc) is 2.38. The van der Waals surface area contributed by atoms with Crippen molar-refractivity contribution < 1.29 is 17.9 Å². The van der Waals surface area contributed by atoms with Crippen molar-refractivity contribution in [2.24, 2.45) is 0 Å². The molecule has 2 aromatic rings. The number of para-hydroxylation sites is 1. The molecule has 0 amide bonds. The van der Waals surface area contributed by atoms with Crippen LogP contribution in [0.2, 0.25) is 0 Å². The lowest BCUT2D eigenvalue weighted by Crippen LogP contribution is -2.23. The highest BCUT2D eigenvalue weighted by Crippen LogP contribution is 2.16. The van der Waals surface area contributed by atoms with Crippen molar-refractivity contribution in [2.75, 3.05) is 0 Å². The second kappa shape index (κ2) is 5.38. The molecule has 2 N–H and O–H groups in total. The van der Waals surface area contributed by atoms with Crippen LogP contribution >= 0.6 is 0 Å². The zero-order chi connectivity index (χ0) is 13.9. The molecule has 0 aliphatic heterocycles. The molecule has 0 fully saturated rings. The van der Waals surface area contributed by atoms with Gasteiger partial charge in [-0.05, 0) is 30.3 Å². The minimum Gasteiger partial charge on any atom is -0.508 e. The maximum absolute atomic E-state index is 12.7. The van der Waals surface area contributed by atoms with E-state index in [1.807, 2.05) is 0 Å². The fourth-order valence-electron chi connectivity index (χ4n) is 1.53. The maximum atomic E-state index is 12.7. The molecular formula is C13H12FNO3S. The second-order valence-electron chi connectivity index (χ2n) is 3.91. The van der Waals surface area contributed by atoms with Crippen LogP contribution < -0.4 is 4.72 Å². The lowest BCUT2D eigenvalue weighted by molar-refractivity contribution is 0.467. The number of benzene rings is 2. The Morgan fingerprint density at radius 2 is 1.68 bits per heavy atom. The number of aromatic hydroxyl groups is 1. The Hall–Kier alpha value is -1.92. The third-order valence-corrected chi connectivity index (χ3v) is 3.99. The van der Waals surface area contributed by atoms with E-state index in [9.17, 15) is 17.9 Å². The van der Waals surface area contributed by atoms with Gasteiger partial charge in [-0.3, -0.25) is 0 Å². The summed E-state index contributed by atoms with van der Waals surface area (Å²) in [6.07, 6.45) is 0. The lowest BCUT2D eigenvalue weighted by atomic mass is 10.2. The first kappa shape index (κ1) is 13.5. The second-order valence-corrected chi connectivity index (χ2v) is 5.67. The third-order valence-electron chi connectivity index (χ3n) is 2.57. The van der Waals surface area contributed by atoms with Crippen molar-refractivity contribution >= 4 is 10.0 Å². The summed E-state index contributed by atoms with van der Waals surface area (Å²) in [7, 11) is -3.72. The number of phenolic OH excluding ortho intramolecular Hbond substituents is 1. The number of halogens is 1. The zero-order valence-corrected chi connectivity index (χ0v) is 10.7. The number of nitrogens with one attached hydrogen (secondary N) is 1. The highest BCUT2D eigenvalue weighted by atomic mass is 32.2. The first-order valence-electron chi connectivity index (χ1n) is 5.51. The molecule has 19 heavy (non-hydrogen) atoms. The quantitative estimate of drug-likeness (QED) is 0.901. The Balaban J connectivity index is 2.14. The Kier molecular flexibility index (Phi) is 3.82. The maximum Gasteiger partial charge on any atom is 0.240 e. The largest absolute Gasteiger partial charge is 0.508 e. The fourth-order valence-corrected chi connectivity index (χ4v) is 2.54. The summed E-state index contributed by atoms with van der Waals surface area (Å²) in [4.78, 5) is -0.0238. The molecule has 0 heterocycles. The topological polar surface area (TPSA) is 66.4 Å². The molecule has 0 aliphatic rings. The van der Waals surface area contributed by atoms with Crippen molar-refractivity contribution in [1.29, 1.82) is 0 Å². The van der Waals surface area contributed by atoms with E-state index in [0.717, 1.165) is 12.1 Å². The Morgan fingerprint density at radius 3 is 2.32 bits per heavy atom. The van der Waals surface area contributed by atoms with Crippen molar-refractivity contribution in [1.82, 2.24) is 4.72 Å². The summed E-state index contributed by atoms with van der Waals surface area (Å²) in [5, 5.41) is 9.53. The smallest absolute Gasteiger partial charge is 0.240 e. The molecule has 6 heteroatoms. The van der Waals surface area contributed by atoms with Gasteiger partial charge in [0, 0.05) is 12.1 Å². The number of phenols is 1.